The fourth-order valence-corrected chi connectivity index (χ4v) is 2.59. The molecule has 0 aromatic heterocycles. The number of para-hydroxylation sites is 2. The van der Waals surface area contributed by atoms with E-state index in [1.165, 1.54) is 18.2 Å². The summed E-state index contributed by atoms with van der Waals surface area (Å²) in [6, 6.07) is 5.63. The SMILES string of the molecule is O=[N+]([O-])c1ccccc1OP1(=O)OCCCO1. The third-order valence-corrected chi connectivity index (χ3v) is 3.48. The average molecular weight is 259 g/mol. The summed E-state index contributed by atoms with van der Waals surface area (Å²) in [7, 11) is -3.71. The highest BCUT2D eigenvalue weighted by atomic mass is 31.2. The summed E-state index contributed by atoms with van der Waals surface area (Å²) in [6.07, 6.45) is 0.615. The van der Waals surface area contributed by atoms with Gasteiger partial charge in [-0.2, -0.15) is 0 Å². The van der Waals surface area contributed by atoms with Crippen LogP contribution < -0.4 is 4.52 Å². The molecule has 1 heterocycles. The van der Waals surface area contributed by atoms with Crippen molar-refractivity contribution in [2.75, 3.05) is 13.2 Å². The van der Waals surface area contributed by atoms with E-state index in [-0.39, 0.29) is 24.7 Å². The summed E-state index contributed by atoms with van der Waals surface area (Å²) < 4.78 is 26.7. The van der Waals surface area contributed by atoms with Gasteiger partial charge in [0, 0.05) is 6.07 Å². The standard InChI is InChI=1S/C9H10NO6P/c11-10(12)8-4-1-2-5-9(8)16-17(13)14-6-3-7-15-17/h1-2,4-5H,3,6-7H2. The number of hydrogen-bond donors (Lipinski definition) is 0. The van der Waals surface area contributed by atoms with Crippen LogP contribution in [0.3, 0.4) is 0 Å². The maximum atomic E-state index is 11.9. The predicted molar refractivity (Wildman–Crippen MR) is 57.9 cm³/mol. The lowest BCUT2D eigenvalue weighted by Crippen LogP contribution is -2.12. The van der Waals surface area contributed by atoms with E-state index in [0.717, 1.165) is 0 Å². The topological polar surface area (TPSA) is 87.9 Å². The van der Waals surface area contributed by atoms with E-state index in [1.54, 1.807) is 6.07 Å². The molecule has 0 spiro atoms. The van der Waals surface area contributed by atoms with E-state index in [1.807, 2.05) is 0 Å². The first-order chi connectivity index (χ1) is 8.11. The lowest BCUT2D eigenvalue weighted by molar-refractivity contribution is -0.385. The van der Waals surface area contributed by atoms with Crippen molar-refractivity contribution in [1.82, 2.24) is 0 Å². The van der Waals surface area contributed by atoms with Gasteiger partial charge in [0.1, 0.15) is 0 Å². The zero-order valence-electron chi connectivity index (χ0n) is 8.77. The molecule has 1 aliphatic heterocycles. The number of phosphoric ester groups is 1. The molecule has 1 aromatic carbocycles. The van der Waals surface area contributed by atoms with Gasteiger partial charge in [-0.15, -0.1) is 0 Å². The number of rotatable bonds is 3. The van der Waals surface area contributed by atoms with Gasteiger partial charge in [0.15, 0.2) is 0 Å². The van der Waals surface area contributed by atoms with Crippen LogP contribution in [0, 0.1) is 10.1 Å². The first-order valence-electron chi connectivity index (χ1n) is 4.93. The Kier molecular flexibility index (Phi) is 3.42. The zero-order valence-corrected chi connectivity index (χ0v) is 9.67. The highest BCUT2D eigenvalue weighted by Gasteiger charge is 2.33. The van der Waals surface area contributed by atoms with Crippen molar-refractivity contribution in [2.24, 2.45) is 0 Å². The summed E-state index contributed by atoms with van der Waals surface area (Å²) in [4.78, 5) is 10.1. The Hall–Kier alpha value is -1.43. The van der Waals surface area contributed by atoms with Crippen molar-refractivity contribution in [1.29, 1.82) is 0 Å². The van der Waals surface area contributed by atoms with Crippen molar-refractivity contribution in [3.8, 4) is 5.75 Å². The number of benzene rings is 1. The number of nitro groups is 1. The molecule has 0 aliphatic carbocycles. The maximum Gasteiger partial charge on any atom is 0.530 e. The average Bonchev–Trinajstić information content (AvgIpc) is 2.29. The molecular formula is C9H10NO6P. The van der Waals surface area contributed by atoms with Crippen molar-refractivity contribution >= 4 is 13.5 Å². The third kappa shape index (κ3) is 2.82. The number of phosphoric acid groups is 1. The highest BCUT2D eigenvalue weighted by Crippen LogP contribution is 2.52. The van der Waals surface area contributed by atoms with Crippen LogP contribution in [0.2, 0.25) is 0 Å². The first-order valence-corrected chi connectivity index (χ1v) is 6.39. The minimum absolute atomic E-state index is 0.122. The lowest BCUT2D eigenvalue weighted by Gasteiger charge is -2.21. The minimum Gasteiger partial charge on any atom is -0.397 e. The van der Waals surface area contributed by atoms with Crippen molar-refractivity contribution < 1.29 is 23.1 Å². The Labute approximate surface area is 97.1 Å². The van der Waals surface area contributed by atoms with Crippen molar-refractivity contribution in [2.45, 2.75) is 6.42 Å². The van der Waals surface area contributed by atoms with Gasteiger partial charge < -0.3 is 4.52 Å². The van der Waals surface area contributed by atoms with Crippen LogP contribution in [0.25, 0.3) is 0 Å². The van der Waals surface area contributed by atoms with Gasteiger partial charge in [-0.05, 0) is 12.5 Å². The van der Waals surface area contributed by atoms with Gasteiger partial charge in [-0.1, -0.05) is 12.1 Å². The molecule has 0 N–H and O–H groups in total. The summed E-state index contributed by atoms with van der Waals surface area (Å²) in [6.45, 7) is 0.496. The Morgan fingerprint density at radius 3 is 2.59 bits per heavy atom. The predicted octanol–water partition coefficient (Wildman–Crippen LogP) is 2.52. The molecule has 1 aliphatic rings. The minimum atomic E-state index is -3.71. The normalized spacial score (nSPS) is 18.6. The van der Waals surface area contributed by atoms with Crippen LogP contribution in [0.15, 0.2) is 24.3 Å². The molecular weight excluding hydrogens is 249 g/mol. The second-order valence-electron chi connectivity index (χ2n) is 3.28. The van der Waals surface area contributed by atoms with Gasteiger partial charge in [0.2, 0.25) is 5.75 Å². The van der Waals surface area contributed by atoms with Crippen LogP contribution in [0.4, 0.5) is 5.69 Å². The number of nitrogens with zero attached hydrogens (tertiary/aromatic N) is 1. The van der Waals surface area contributed by atoms with E-state index in [0.29, 0.717) is 6.42 Å². The third-order valence-electron chi connectivity index (χ3n) is 2.06. The van der Waals surface area contributed by atoms with Gasteiger partial charge in [0.25, 0.3) is 0 Å². The number of hydrogen-bond acceptors (Lipinski definition) is 6. The number of nitro benzene ring substituents is 1. The summed E-state index contributed by atoms with van der Waals surface area (Å²) >= 11 is 0. The van der Waals surface area contributed by atoms with Crippen LogP contribution >= 0.6 is 7.82 Å². The summed E-state index contributed by atoms with van der Waals surface area (Å²) in [5.74, 6) is -0.122. The lowest BCUT2D eigenvalue weighted by atomic mass is 10.3. The molecule has 1 aromatic rings. The maximum absolute atomic E-state index is 11.9. The van der Waals surface area contributed by atoms with E-state index in [2.05, 4.69) is 0 Å². The second-order valence-corrected chi connectivity index (χ2v) is 4.88. The quantitative estimate of drug-likeness (QED) is 0.470. The van der Waals surface area contributed by atoms with Gasteiger partial charge in [-0.3, -0.25) is 19.2 Å². The van der Waals surface area contributed by atoms with E-state index >= 15 is 0 Å². The van der Waals surface area contributed by atoms with Crippen molar-refractivity contribution in [3.05, 3.63) is 34.4 Å². The Morgan fingerprint density at radius 1 is 1.29 bits per heavy atom. The Morgan fingerprint density at radius 2 is 1.94 bits per heavy atom. The molecule has 0 saturated carbocycles. The summed E-state index contributed by atoms with van der Waals surface area (Å²) in [5.41, 5.74) is -0.277. The highest BCUT2D eigenvalue weighted by molar-refractivity contribution is 7.49. The Bertz CT molecular complexity index is 466. The molecule has 0 amide bonds. The van der Waals surface area contributed by atoms with E-state index in [4.69, 9.17) is 13.6 Å². The molecule has 7 nitrogen and oxygen atoms in total. The Balaban J connectivity index is 2.23. The summed E-state index contributed by atoms with van der Waals surface area (Å²) in [5, 5.41) is 10.7. The monoisotopic (exact) mass is 259 g/mol. The molecule has 17 heavy (non-hydrogen) atoms. The van der Waals surface area contributed by atoms with Crippen molar-refractivity contribution in [3.63, 3.8) is 0 Å². The van der Waals surface area contributed by atoms with Crippen LogP contribution in [0.5, 0.6) is 5.75 Å². The fourth-order valence-electron chi connectivity index (χ4n) is 1.31. The van der Waals surface area contributed by atoms with E-state index < -0.39 is 12.7 Å². The molecule has 0 unspecified atom stereocenters. The molecule has 1 fully saturated rings. The molecule has 1 saturated heterocycles. The molecule has 0 atom stereocenters. The molecule has 8 heteroatoms. The molecule has 0 bridgehead atoms. The molecule has 2 rings (SSSR count). The van der Waals surface area contributed by atoms with E-state index in [9.17, 15) is 14.7 Å². The van der Waals surface area contributed by atoms with Gasteiger partial charge >= 0.3 is 13.5 Å². The largest absolute Gasteiger partial charge is 0.530 e. The second kappa shape index (κ2) is 4.83. The molecule has 0 radical (unpaired) electrons. The zero-order chi connectivity index (χ0) is 12.3. The van der Waals surface area contributed by atoms with Crippen LogP contribution in [0.1, 0.15) is 6.42 Å². The molecule has 92 valence electrons. The first kappa shape index (κ1) is 12.0. The van der Waals surface area contributed by atoms with Gasteiger partial charge in [-0.25, -0.2) is 4.57 Å². The van der Waals surface area contributed by atoms with Crippen LogP contribution in [-0.4, -0.2) is 18.1 Å². The fraction of sp³-hybridized carbons (Fsp3) is 0.333. The van der Waals surface area contributed by atoms with Gasteiger partial charge in [0.05, 0.1) is 18.1 Å². The van der Waals surface area contributed by atoms with Crippen LogP contribution in [-0.2, 0) is 13.6 Å². The smallest absolute Gasteiger partial charge is 0.397 e.